The first kappa shape index (κ1) is 20.5. The number of hydrogen-bond acceptors (Lipinski definition) is 8. The van der Waals surface area contributed by atoms with Crippen LogP contribution in [0.5, 0.6) is 0 Å². The smallest absolute Gasteiger partial charge is 0.329 e. The number of nitro groups is 2. The van der Waals surface area contributed by atoms with Crippen molar-refractivity contribution in [3.63, 3.8) is 0 Å². The van der Waals surface area contributed by atoms with E-state index in [1.165, 1.54) is 18.6 Å². The topological polar surface area (TPSA) is 153 Å². The van der Waals surface area contributed by atoms with E-state index in [1.54, 1.807) is 12.1 Å². The van der Waals surface area contributed by atoms with Gasteiger partial charge in [0, 0.05) is 24.4 Å². The number of nitrogens with zero attached hydrogens (tertiary/aromatic N) is 3. The van der Waals surface area contributed by atoms with Gasteiger partial charge >= 0.3 is 5.97 Å². The highest BCUT2D eigenvalue weighted by Crippen LogP contribution is 2.30. The predicted molar refractivity (Wildman–Crippen MR) is 106 cm³/mol. The normalized spacial score (nSPS) is 11.5. The van der Waals surface area contributed by atoms with Gasteiger partial charge in [-0.05, 0) is 11.6 Å². The van der Waals surface area contributed by atoms with E-state index >= 15 is 0 Å². The minimum Gasteiger partial charge on any atom is -0.459 e. The Morgan fingerprint density at radius 1 is 1.13 bits per heavy atom. The summed E-state index contributed by atoms with van der Waals surface area (Å²) in [6.07, 6.45) is 3.07. The second-order valence-electron chi connectivity index (χ2n) is 6.29. The highest BCUT2D eigenvalue weighted by atomic mass is 16.6. The molecule has 0 unspecified atom stereocenters. The molecule has 0 saturated carbocycles. The van der Waals surface area contributed by atoms with E-state index in [9.17, 15) is 25.0 Å². The van der Waals surface area contributed by atoms with Gasteiger partial charge in [-0.3, -0.25) is 20.2 Å². The Morgan fingerprint density at radius 3 is 2.53 bits per heavy atom. The second kappa shape index (κ2) is 9.28. The SMILES string of the molecule is O=C(OCc1ccccc1)[C@H](Cc1cnc[nH]1)Nc1ccc([N+](=O)[O-])cc1[N+](=O)[O-]. The number of anilines is 1. The third kappa shape index (κ3) is 5.16. The van der Waals surface area contributed by atoms with Crippen molar-refractivity contribution in [2.24, 2.45) is 0 Å². The van der Waals surface area contributed by atoms with Gasteiger partial charge in [-0.25, -0.2) is 9.78 Å². The molecule has 2 aromatic carbocycles. The van der Waals surface area contributed by atoms with Crippen LogP contribution >= 0.6 is 0 Å². The molecule has 0 saturated heterocycles. The standard InChI is InChI=1S/C19H17N5O6/c25-19(30-11-13-4-2-1-3-5-13)17(8-14-10-20-12-21-14)22-16-7-6-15(23(26)27)9-18(16)24(28)29/h1-7,9-10,12,17,22H,8,11H2,(H,20,21)/t17-/m0/s1. The Balaban J connectivity index is 1.82. The lowest BCUT2D eigenvalue weighted by Gasteiger charge is -2.18. The number of hydrogen-bond donors (Lipinski definition) is 2. The van der Waals surface area contributed by atoms with Gasteiger partial charge in [0.05, 0.1) is 22.2 Å². The number of nitro benzene ring substituents is 2. The third-order valence-electron chi connectivity index (χ3n) is 4.21. The maximum atomic E-state index is 12.7. The number of rotatable bonds is 9. The average molecular weight is 411 g/mol. The van der Waals surface area contributed by atoms with E-state index in [2.05, 4.69) is 15.3 Å². The van der Waals surface area contributed by atoms with Crippen LogP contribution in [0, 0.1) is 20.2 Å². The van der Waals surface area contributed by atoms with Crippen molar-refractivity contribution in [3.8, 4) is 0 Å². The highest BCUT2D eigenvalue weighted by molar-refractivity contribution is 5.81. The van der Waals surface area contributed by atoms with Crippen LogP contribution in [-0.2, 0) is 22.6 Å². The first-order chi connectivity index (χ1) is 14.4. The molecule has 11 nitrogen and oxygen atoms in total. The number of aromatic amines is 1. The van der Waals surface area contributed by atoms with E-state index in [-0.39, 0.29) is 18.7 Å². The molecule has 3 rings (SSSR count). The molecular formula is C19H17N5O6. The van der Waals surface area contributed by atoms with E-state index in [0.29, 0.717) is 5.69 Å². The summed E-state index contributed by atoms with van der Waals surface area (Å²) in [5, 5.41) is 25.1. The molecule has 30 heavy (non-hydrogen) atoms. The second-order valence-corrected chi connectivity index (χ2v) is 6.29. The number of esters is 1. The summed E-state index contributed by atoms with van der Waals surface area (Å²) < 4.78 is 5.36. The molecule has 0 aliphatic carbocycles. The van der Waals surface area contributed by atoms with Crippen molar-refractivity contribution in [2.45, 2.75) is 19.1 Å². The molecule has 0 spiro atoms. The summed E-state index contributed by atoms with van der Waals surface area (Å²) in [7, 11) is 0. The van der Waals surface area contributed by atoms with Gasteiger partial charge in [-0.15, -0.1) is 0 Å². The zero-order valence-electron chi connectivity index (χ0n) is 15.6. The van der Waals surface area contributed by atoms with Crippen LogP contribution in [-0.4, -0.2) is 31.8 Å². The molecule has 2 N–H and O–H groups in total. The summed E-state index contributed by atoms with van der Waals surface area (Å²) in [5.74, 6) is -0.638. The largest absolute Gasteiger partial charge is 0.459 e. The summed E-state index contributed by atoms with van der Waals surface area (Å²) in [6.45, 7) is 0.0309. The number of ether oxygens (including phenoxy) is 1. The van der Waals surface area contributed by atoms with Crippen LogP contribution in [0.3, 0.4) is 0 Å². The van der Waals surface area contributed by atoms with E-state index in [0.717, 1.165) is 17.7 Å². The van der Waals surface area contributed by atoms with Crippen molar-refractivity contribution in [2.75, 3.05) is 5.32 Å². The zero-order chi connectivity index (χ0) is 21.5. The fourth-order valence-electron chi connectivity index (χ4n) is 2.73. The van der Waals surface area contributed by atoms with Gasteiger partial charge < -0.3 is 15.0 Å². The molecule has 154 valence electrons. The van der Waals surface area contributed by atoms with E-state index in [4.69, 9.17) is 4.74 Å². The van der Waals surface area contributed by atoms with Crippen molar-refractivity contribution in [1.29, 1.82) is 0 Å². The van der Waals surface area contributed by atoms with Crippen LogP contribution in [0.4, 0.5) is 17.1 Å². The van der Waals surface area contributed by atoms with Crippen molar-refractivity contribution < 1.29 is 19.4 Å². The molecule has 0 fully saturated rings. The highest BCUT2D eigenvalue weighted by Gasteiger charge is 2.26. The molecule has 1 aromatic heterocycles. The maximum Gasteiger partial charge on any atom is 0.329 e. The van der Waals surface area contributed by atoms with E-state index in [1.807, 2.05) is 18.2 Å². The lowest BCUT2D eigenvalue weighted by atomic mass is 10.1. The summed E-state index contributed by atoms with van der Waals surface area (Å²) in [6, 6.07) is 11.2. The average Bonchev–Trinajstić information content (AvgIpc) is 3.25. The maximum absolute atomic E-state index is 12.7. The Kier molecular flexibility index (Phi) is 6.33. The first-order valence-corrected chi connectivity index (χ1v) is 8.81. The summed E-state index contributed by atoms with van der Waals surface area (Å²) in [5.41, 5.74) is 0.409. The predicted octanol–water partition coefficient (Wildman–Crippen LogP) is 2.99. The third-order valence-corrected chi connectivity index (χ3v) is 4.21. The number of non-ortho nitro benzene ring substituents is 1. The van der Waals surface area contributed by atoms with Crippen LogP contribution in [0.2, 0.25) is 0 Å². The fourth-order valence-corrected chi connectivity index (χ4v) is 2.73. The minimum atomic E-state index is -0.991. The lowest BCUT2D eigenvalue weighted by Crippen LogP contribution is -2.33. The minimum absolute atomic E-state index is 0.0309. The fraction of sp³-hybridized carbons (Fsp3) is 0.158. The van der Waals surface area contributed by atoms with Crippen LogP contribution < -0.4 is 5.32 Å². The molecule has 0 bridgehead atoms. The molecule has 3 aromatic rings. The Labute approximate surface area is 170 Å². The molecule has 0 aliphatic heterocycles. The number of aromatic nitrogens is 2. The first-order valence-electron chi connectivity index (χ1n) is 8.81. The quantitative estimate of drug-likeness (QED) is 0.309. The number of benzene rings is 2. The van der Waals surface area contributed by atoms with Crippen LogP contribution in [0.1, 0.15) is 11.3 Å². The lowest BCUT2D eigenvalue weighted by molar-refractivity contribution is -0.393. The van der Waals surface area contributed by atoms with Crippen LogP contribution in [0.15, 0.2) is 61.1 Å². The molecule has 0 amide bonds. The number of carbonyl (C=O) groups excluding carboxylic acids is 1. The van der Waals surface area contributed by atoms with Crippen molar-refractivity contribution in [1.82, 2.24) is 9.97 Å². The molecular weight excluding hydrogens is 394 g/mol. The van der Waals surface area contributed by atoms with E-state index < -0.39 is 33.2 Å². The summed E-state index contributed by atoms with van der Waals surface area (Å²) >= 11 is 0. The molecule has 1 atom stereocenters. The zero-order valence-corrected chi connectivity index (χ0v) is 15.6. The number of carbonyl (C=O) groups is 1. The number of H-pyrrole nitrogens is 1. The Morgan fingerprint density at radius 2 is 1.90 bits per heavy atom. The van der Waals surface area contributed by atoms with Gasteiger partial charge in [0.1, 0.15) is 18.3 Å². The monoisotopic (exact) mass is 411 g/mol. The molecule has 11 heteroatoms. The van der Waals surface area contributed by atoms with Gasteiger partial charge in [0.15, 0.2) is 0 Å². The number of imidazole rings is 1. The summed E-state index contributed by atoms with van der Waals surface area (Å²) in [4.78, 5) is 40.3. The van der Waals surface area contributed by atoms with Gasteiger partial charge in [-0.2, -0.15) is 0 Å². The molecule has 0 radical (unpaired) electrons. The van der Waals surface area contributed by atoms with Gasteiger partial charge in [0.25, 0.3) is 11.4 Å². The number of nitrogens with one attached hydrogen (secondary N) is 2. The van der Waals surface area contributed by atoms with Gasteiger partial charge in [-0.1, -0.05) is 30.3 Å². The van der Waals surface area contributed by atoms with Crippen molar-refractivity contribution >= 4 is 23.0 Å². The van der Waals surface area contributed by atoms with Crippen LogP contribution in [0.25, 0.3) is 0 Å². The van der Waals surface area contributed by atoms with Gasteiger partial charge in [0.2, 0.25) is 0 Å². The molecule has 1 heterocycles. The van der Waals surface area contributed by atoms with Crippen molar-refractivity contribution in [3.05, 3.63) is 92.5 Å². The molecule has 0 aliphatic rings. The Bertz CT molecular complexity index is 1040. The Hall–Kier alpha value is -4.28.